The number of hydrogen-bond donors (Lipinski definition) is 0. The maximum absolute atomic E-state index is 12.1. The van der Waals surface area contributed by atoms with Crippen LogP contribution in [0.3, 0.4) is 0 Å². The fourth-order valence-corrected chi connectivity index (χ4v) is 3.11. The van der Waals surface area contributed by atoms with Gasteiger partial charge in [-0.25, -0.2) is 0 Å². The summed E-state index contributed by atoms with van der Waals surface area (Å²) in [4.78, 5) is 12.1. The van der Waals surface area contributed by atoms with Gasteiger partial charge in [0.15, 0.2) is 5.79 Å². The Kier molecular flexibility index (Phi) is 4.31. The predicted molar refractivity (Wildman–Crippen MR) is 71.2 cm³/mol. The molecule has 0 N–H and O–H groups in total. The van der Waals surface area contributed by atoms with Crippen molar-refractivity contribution in [2.45, 2.75) is 52.6 Å². The summed E-state index contributed by atoms with van der Waals surface area (Å²) < 4.78 is 16.4. The molecule has 0 saturated heterocycles. The maximum Gasteiger partial charge on any atom is 0.311 e. The molecule has 2 aliphatic rings. The molecule has 1 saturated carbocycles. The Morgan fingerprint density at radius 2 is 2.11 bits per heavy atom. The molecule has 2 rings (SSSR count). The molecule has 4 atom stereocenters. The topological polar surface area (TPSA) is 44.8 Å². The molecule has 0 aromatic carbocycles. The molecule has 0 spiro atoms. The Morgan fingerprint density at radius 3 is 2.63 bits per heavy atom. The van der Waals surface area contributed by atoms with E-state index in [-0.39, 0.29) is 11.9 Å². The van der Waals surface area contributed by atoms with Gasteiger partial charge in [0.25, 0.3) is 0 Å². The third-order valence-corrected chi connectivity index (χ3v) is 3.81. The van der Waals surface area contributed by atoms with Gasteiger partial charge in [0, 0.05) is 6.61 Å². The van der Waals surface area contributed by atoms with Crippen LogP contribution in [-0.4, -0.2) is 24.7 Å². The summed E-state index contributed by atoms with van der Waals surface area (Å²) in [5, 5.41) is 0. The molecule has 4 unspecified atom stereocenters. The van der Waals surface area contributed by atoms with Crippen molar-refractivity contribution < 1.29 is 19.0 Å². The number of hydrogen-bond acceptors (Lipinski definition) is 4. The van der Waals surface area contributed by atoms with Crippen LogP contribution in [0, 0.1) is 17.8 Å². The van der Waals surface area contributed by atoms with E-state index in [0.717, 1.165) is 12.8 Å². The second-order valence-electron chi connectivity index (χ2n) is 5.84. The quantitative estimate of drug-likeness (QED) is 0.422. The van der Waals surface area contributed by atoms with Gasteiger partial charge in [0.1, 0.15) is 0 Å². The van der Waals surface area contributed by atoms with Crippen molar-refractivity contribution >= 4 is 5.97 Å². The van der Waals surface area contributed by atoms with E-state index < -0.39 is 12.1 Å². The summed E-state index contributed by atoms with van der Waals surface area (Å²) in [6, 6.07) is 0. The lowest BCUT2D eigenvalue weighted by Crippen LogP contribution is -2.36. The van der Waals surface area contributed by atoms with Gasteiger partial charge in [-0.2, -0.15) is 0 Å². The second-order valence-corrected chi connectivity index (χ2v) is 5.84. The molecule has 2 aliphatic carbocycles. The Morgan fingerprint density at radius 1 is 1.37 bits per heavy atom. The van der Waals surface area contributed by atoms with Crippen molar-refractivity contribution in [1.82, 2.24) is 0 Å². The van der Waals surface area contributed by atoms with Crippen molar-refractivity contribution in [3.63, 3.8) is 0 Å². The van der Waals surface area contributed by atoms with Gasteiger partial charge in [0.05, 0.1) is 5.92 Å². The Hall–Kier alpha value is -0.870. The zero-order chi connectivity index (χ0) is 14.0. The van der Waals surface area contributed by atoms with E-state index in [1.54, 1.807) is 6.92 Å². The highest BCUT2D eigenvalue weighted by Gasteiger charge is 2.41. The Balaban J connectivity index is 1.81. The summed E-state index contributed by atoms with van der Waals surface area (Å²) in [5.74, 6) is 0.0689. The first-order chi connectivity index (χ1) is 8.91. The molecule has 4 nitrogen and oxygen atoms in total. The van der Waals surface area contributed by atoms with Crippen LogP contribution in [0.1, 0.15) is 40.5 Å². The molecule has 0 heterocycles. The summed E-state index contributed by atoms with van der Waals surface area (Å²) in [5.41, 5.74) is 0. The molecule has 108 valence electrons. The van der Waals surface area contributed by atoms with Gasteiger partial charge in [-0.15, -0.1) is 0 Å². The molecule has 0 aliphatic heterocycles. The zero-order valence-corrected chi connectivity index (χ0v) is 12.2. The smallest absolute Gasteiger partial charge is 0.311 e. The molecule has 19 heavy (non-hydrogen) atoms. The minimum atomic E-state index is -0.733. The van der Waals surface area contributed by atoms with E-state index in [1.165, 1.54) is 0 Å². The lowest BCUT2D eigenvalue weighted by Gasteiger charge is -2.29. The maximum atomic E-state index is 12.1. The van der Waals surface area contributed by atoms with Gasteiger partial charge in [-0.1, -0.05) is 12.2 Å². The van der Waals surface area contributed by atoms with E-state index in [4.69, 9.17) is 14.2 Å². The first kappa shape index (κ1) is 14.5. The standard InChI is InChI=1S/C15H24O4/c1-5-17-15(3,4)19-10(2)18-14(16)13-9-11-6-7-12(13)8-11/h6-7,10-13H,5,8-9H2,1-4H3. The van der Waals surface area contributed by atoms with Gasteiger partial charge < -0.3 is 14.2 Å². The predicted octanol–water partition coefficient (Wildman–Crippen LogP) is 2.88. The molecule has 2 bridgehead atoms. The Labute approximate surface area is 115 Å². The van der Waals surface area contributed by atoms with Crippen LogP contribution in [0.5, 0.6) is 0 Å². The van der Waals surface area contributed by atoms with Crippen LogP contribution in [0.15, 0.2) is 12.2 Å². The number of carbonyl (C=O) groups is 1. The van der Waals surface area contributed by atoms with Gasteiger partial charge in [-0.05, 0) is 52.4 Å². The first-order valence-corrected chi connectivity index (χ1v) is 7.12. The van der Waals surface area contributed by atoms with Crippen LogP contribution in [-0.2, 0) is 19.0 Å². The number of ether oxygens (including phenoxy) is 3. The van der Waals surface area contributed by atoms with Gasteiger partial charge in [0.2, 0.25) is 6.29 Å². The molecule has 0 aromatic heterocycles. The molecule has 0 aromatic rings. The average molecular weight is 268 g/mol. The lowest BCUT2D eigenvalue weighted by atomic mass is 9.94. The van der Waals surface area contributed by atoms with Crippen molar-refractivity contribution in [1.29, 1.82) is 0 Å². The highest BCUT2D eigenvalue weighted by molar-refractivity contribution is 5.74. The normalized spacial score (nSPS) is 30.6. The number of rotatable bonds is 6. The first-order valence-electron chi connectivity index (χ1n) is 7.12. The van der Waals surface area contributed by atoms with E-state index in [1.807, 2.05) is 20.8 Å². The lowest BCUT2D eigenvalue weighted by molar-refractivity contribution is -0.281. The summed E-state index contributed by atoms with van der Waals surface area (Å²) in [7, 11) is 0. The molecular weight excluding hydrogens is 244 g/mol. The summed E-state index contributed by atoms with van der Waals surface area (Å²) in [6.07, 6.45) is 5.79. The van der Waals surface area contributed by atoms with Gasteiger partial charge in [-0.3, -0.25) is 4.79 Å². The Bertz CT molecular complexity index is 361. The molecular formula is C15H24O4. The highest BCUT2D eigenvalue weighted by atomic mass is 16.8. The SMILES string of the molecule is CCOC(C)(C)OC(C)OC(=O)C1CC2C=CC1C2. The summed E-state index contributed by atoms with van der Waals surface area (Å²) >= 11 is 0. The van der Waals surface area contributed by atoms with Crippen molar-refractivity contribution in [3.8, 4) is 0 Å². The van der Waals surface area contributed by atoms with Crippen LogP contribution < -0.4 is 0 Å². The van der Waals surface area contributed by atoms with Gasteiger partial charge >= 0.3 is 5.97 Å². The van der Waals surface area contributed by atoms with Crippen LogP contribution in [0.4, 0.5) is 0 Å². The summed E-state index contributed by atoms with van der Waals surface area (Å²) in [6.45, 7) is 7.85. The van der Waals surface area contributed by atoms with Crippen LogP contribution in [0.25, 0.3) is 0 Å². The third kappa shape index (κ3) is 3.57. The fraction of sp³-hybridized carbons (Fsp3) is 0.800. The molecule has 1 fully saturated rings. The number of carbonyl (C=O) groups excluding carboxylic acids is 1. The van der Waals surface area contributed by atoms with Crippen molar-refractivity contribution in [2.24, 2.45) is 17.8 Å². The number of allylic oxidation sites excluding steroid dienone is 2. The molecule has 4 heteroatoms. The van der Waals surface area contributed by atoms with E-state index >= 15 is 0 Å². The van der Waals surface area contributed by atoms with E-state index in [9.17, 15) is 4.79 Å². The fourth-order valence-electron chi connectivity index (χ4n) is 3.11. The largest absolute Gasteiger partial charge is 0.436 e. The van der Waals surface area contributed by atoms with E-state index in [2.05, 4.69) is 12.2 Å². The van der Waals surface area contributed by atoms with Crippen LogP contribution >= 0.6 is 0 Å². The van der Waals surface area contributed by atoms with E-state index in [0.29, 0.717) is 18.4 Å². The minimum Gasteiger partial charge on any atom is -0.436 e. The molecule has 0 amide bonds. The van der Waals surface area contributed by atoms with Crippen molar-refractivity contribution in [2.75, 3.05) is 6.61 Å². The monoisotopic (exact) mass is 268 g/mol. The highest BCUT2D eigenvalue weighted by Crippen LogP contribution is 2.44. The van der Waals surface area contributed by atoms with Crippen molar-refractivity contribution in [3.05, 3.63) is 12.2 Å². The second kappa shape index (κ2) is 5.63. The molecule has 0 radical (unpaired) electrons. The average Bonchev–Trinajstić information content (AvgIpc) is 2.88. The number of esters is 1. The van der Waals surface area contributed by atoms with Crippen LogP contribution in [0.2, 0.25) is 0 Å². The zero-order valence-electron chi connectivity index (χ0n) is 12.2. The number of fused-ring (bicyclic) bond motifs is 2. The minimum absolute atomic E-state index is 0.0104. The third-order valence-electron chi connectivity index (χ3n) is 3.81.